The molecule has 0 bridgehead atoms. The molecule has 7 nitrogen and oxygen atoms in total. The SMILES string of the molecule is CCCCOc1nc(N)c2c(n1)N(Cc1cccc(-c3cccc(CN4CCCC4)c3)c1)C(=O)C2. The molecule has 0 unspecified atom stereocenters. The van der Waals surface area contributed by atoms with Gasteiger partial charge in [-0.1, -0.05) is 49.7 Å². The van der Waals surface area contributed by atoms with Crippen LogP contribution < -0.4 is 15.4 Å². The molecule has 2 aromatic carbocycles. The fourth-order valence-electron chi connectivity index (χ4n) is 4.84. The maximum atomic E-state index is 12.9. The van der Waals surface area contributed by atoms with Crippen LogP contribution in [0.1, 0.15) is 49.3 Å². The van der Waals surface area contributed by atoms with Gasteiger partial charge in [0.15, 0.2) is 0 Å². The molecule has 1 saturated heterocycles. The minimum absolute atomic E-state index is 0.0234. The molecule has 2 N–H and O–H groups in total. The highest BCUT2D eigenvalue weighted by molar-refractivity contribution is 6.01. The number of fused-ring (bicyclic) bond motifs is 1. The number of rotatable bonds is 9. The lowest BCUT2D eigenvalue weighted by molar-refractivity contribution is -0.117. The molecule has 7 heteroatoms. The van der Waals surface area contributed by atoms with Gasteiger partial charge in [0.05, 0.1) is 19.6 Å². The van der Waals surface area contributed by atoms with Gasteiger partial charge in [0.2, 0.25) is 5.91 Å². The number of carbonyl (C=O) groups excluding carboxylic acids is 1. The van der Waals surface area contributed by atoms with Crippen molar-refractivity contribution in [1.82, 2.24) is 14.9 Å². The zero-order valence-corrected chi connectivity index (χ0v) is 20.4. The molecule has 1 amide bonds. The summed E-state index contributed by atoms with van der Waals surface area (Å²) >= 11 is 0. The predicted octanol–water partition coefficient (Wildman–Crippen LogP) is 4.59. The Morgan fingerprint density at radius 1 is 0.971 bits per heavy atom. The highest BCUT2D eigenvalue weighted by atomic mass is 16.5. The monoisotopic (exact) mass is 471 g/mol. The number of nitrogens with zero attached hydrogens (tertiary/aromatic N) is 4. The number of carbonyl (C=O) groups is 1. The molecule has 3 heterocycles. The Morgan fingerprint density at radius 2 is 1.66 bits per heavy atom. The highest BCUT2D eigenvalue weighted by Gasteiger charge is 2.32. The molecule has 35 heavy (non-hydrogen) atoms. The van der Waals surface area contributed by atoms with Crippen molar-refractivity contribution in [2.24, 2.45) is 0 Å². The Balaban J connectivity index is 1.35. The fraction of sp³-hybridized carbons (Fsp3) is 0.393. The zero-order chi connectivity index (χ0) is 24.2. The van der Waals surface area contributed by atoms with Gasteiger partial charge in [0.1, 0.15) is 11.6 Å². The number of hydrogen-bond acceptors (Lipinski definition) is 6. The number of ether oxygens (including phenoxy) is 1. The van der Waals surface area contributed by atoms with E-state index in [1.54, 1.807) is 4.90 Å². The molecular formula is C28H33N5O2. The molecule has 0 aliphatic carbocycles. The van der Waals surface area contributed by atoms with Crippen molar-refractivity contribution >= 4 is 17.5 Å². The van der Waals surface area contributed by atoms with E-state index in [1.807, 2.05) is 12.1 Å². The summed E-state index contributed by atoms with van der Waals surface area (Å²) in [4.78, 5) is 25.9. The van der Waals surface area contributed by atoms with Crippen LogP contribution in [-0.2, 0) is 24.3 Å². The van der Waals surface area contributed by atoms with Crippen molar-refractivity contribution in [1.29, 1.82) is 0 Å². The minimum atomic E-state index is -0.0234. The Kier molecular flexibility index (Phi) is 6.95. The van der Waals surface area contributed by atoms with E-state index in [-0.39, 0.29) is 18.3 Å². The molecule has 1 aromatic heterocycles. The van der Waals surface area contributed by atoms with E-state index < -0.39 is 0 Å². The van der Waals surface area contributed by atoms with Gasteiger partial charge in [-0.25, -0.2) is 0 Å². The zero-order valence-electron chi connectivity index (χ0n) is 20.4. The Labute approximate surface area is 206 Å². The van der Waals surface area contributed by atoms with E-state index in [2.05, 4.69) is 58.2 Å². The topological polar surface area (TPSA) is 84.6 Å². The van der Waals surface area contributed by atoms with Crippen LogP contribution in [0.3, 0.4) is 0 Å². The Bertz CT molecular complexity index is 1210. The summed E-state index contributed by atoms with van der Waals surface area (Å²) in [5.74, 6) is 0.859. The quantitative estimate of drug-likeness (QED) is 0.460. The van der Waals surface area contributed by atoms with Crippen molar-refractivity contribution < 1.29 is 9.53 Å². The Hall–Kier alpha value is -3.45. The summed E-state index contributed by atoms with van der Waals surface area (Å²) in [6.07, 6.45) is 4.73. The van der Waals surface area contributed by atoms with Gasteiger partial charge in [0.25, 0.3) is 0 Å². The van der Waals surface area contributed by atoms with E-state index in [0.717, 1.165) is 30.5 Å². The predicted molar refractivity (Wildman–Crippen MR) is 138 cm³/mol. The first-order chi connectivity index (χ1) is 17.1. The first-order valence-electron chi connectivity index (χ1n) is 12.6. The van der Waals surface area contributed by atoms with Crippen LogP contribution in [0.15, 0.2) is 48.5 Å². The number of anilines is 2. The number of unbranched alkanes of at least 4 members (excludes halogenated alkanes) is 1. The highest BCUT2D eigenvalue weighted by Crippen LogP contribution is 2.34. The van der Waals surface area contributed by atoms with Gasteiger partial charge in [0, 0.05) is 12.1 Å². The third kappa shape index (κ3) is 5.30. The summed E-state index contributed by atoms with van der Waals surface area (Å²) in [5, 5.41) is 0. The van der Waals surface area contributed by atoms with Crippen LogP contribution in [0.4, 0.5) is 11.6 Å². The van der Waals surface area contributed by atoms with Gasteiger partial charge in [-0.2, -0.15) is 9.97 Å². The third-order valence-electron chi connectivity index (χ3n) is 6.74. The van der Waals surface area contributed by atoms with Crippen LogP contribution in [0.25, 0.3) is 11.1 Å². The fourth-order valence-corrected chi connectivity index (χ4v) is 4.84. The molecule has 0 atom stereocenters. The average Bonchev–Trinajstić information content (AvgIpc) is 3.48. The van der Waals surface area contributed by atoms with Gasteiger partial charge >= 0.3 is 6.01 Å². The molecule has 0 spiro atoms. The molecule has 182 valence electrons. The maximum Gasteiger partial charge on any atom is 0.320 e. The van der Waals surface area contributed by atoms with E-state index in [4.69, 9.17) is 10.5 Å². The number of amides is 1. The van der Waals surface area contributed by atoms with Crippen LogP contribution in [-0.4, -0.2) is 40.5 Å². The van der Waals surface area contributed by atoms with Crippen molar-refractivity contribution in [3.05, 3.63) is 65.2 Å². The number of benzene rings is 2. The maximum absolute atomic E-state index is 12.9. The summed E-state index contributed by atoms with van der Waals surface area (Å²) in [7, 11) is 0. The lowest BCUT2D eigenvalue weighted by Crippen LogP contribution is -2.26. The lowest BCUT2D eigenvalue weighted by Gasteiger charge is -2.18. The van der Waals surface area contributed by atoms with E-state index in [9.17, 15) is 4.79 Å². The molecule has 2 aliphatic rings. The van der Waals surface area contributed by atoms with Crippen LogP contribution >= 0.6 is 0 Å². The summed E-state index contributed by atoms with van der Waals surface area (Å²) in [6, 6.07) is 17.4. The standard InChI is InChI=1S/C28H33N5O2/c1-2-3-14-35-28-30-26(29)24-17-25(34)33(27(24)31-28)19-21-9-7-11-23(16-21)22-10-6-8-20(15-22)18-32-12-4-5-13-32/h6-11,15-16H,2-5,12-14,17-19H2,1H3,(H2,29,30,31). The molecular weight excluding hydrogens is 438 g/mol. The molecule has 0 saturated carbocycles. The molecule has 2 aliphatic heterocycles. The second-order valence-electron chi connectivity index (χ2n) is 9.44. The average molecular weight is 472 g/mol. The van der Waals surface area contributed by atoms with E-state index >= 15 is 0 Å². The van der Waals surface area contributed by atoms with Crippen molar-refractivity contribution in [2.45, 2.75) is 52.1 Å². The number of likely N-dealkylation sites (tertiary alicyclic amines) is 1. The van der Waals surface area contributed by atoms with Gasteiger partial charge < -0.3 is 10.5 Å². The first kappa shape index (κ1) is 23.3. The Morgan fingerprint density at radius 3 is 2.34 bits per heavy atom. The smallest absolute Gasteiger partial charge is 0.320 e. The van der Waals surface area contributed by atoms with Gasteiger partial charge in [-0.05, 0) is 66.7 Å². The van der Waals surface area contributed by atoms with E-state index in [1.165, 1.54) is 37.1 Å². The van der Waals surface area contributed by atoms with Gasteiger partial charge in [-0.3, -0.25) is 14.6 Å². The van der Waals surface area contributed by atoms with Crippen molar-refractivity contribution in [2.75, 3.05) is 30.3 Å². The van der Waals surface area contributed by atoms with Crippen molar-refractivity contribution in [3.63, 3.8) is 0 Å². The summed E-state index contributed by atoms with van der Waals surface area (Å²) < 4.78 is 5.68. The summed E-state index contributed by atoms with van der Waals surface area (Å²) in [6.45, 7) is 6.42. The number of nitrogen functional groups attached to an aromatic ring is 1. The van der Waals surface area contributed by atoms with E-state index in [0.29, 0.717) is 30.4 Å². The van der Waals surface area contributed by atoms with Crippen LogP contribution in [0, 0.1) is 0 Å². The number of hydrogen-bond donors (Lipinski definition) is 1. The second kappa shape index (κ2) is 10.4. The van der Waals surface area contributed by atoms with Gasteiger partial charge in [-0.15, -0.1) is 0 Å². The number of nitrogens with two attached hydrogens (primary N) is 1. The molecule has 1 fully saturated rings. The summed E-state index contributed by atoms with van der Waals surface area (Å²) in [5.41, 5.74) is 11.5. The second-order valence-corrected chi connectivity index (χ2v) is 9.44. The van der Waals surface area contributed by atoms with Crippen molar-refractivity contribution in [3.8, 4) is 17.1 Å². The van der Waals surface area contributed by atoms with Crippen LogP contribution in [0.5, 0.6) is 6.01 Å². The third-order valence-corrected chi connectivity index (χ3v) is 6.74. The molecule has 3 aromatic rings. The number of aromatic nitrogens is 2. The first-order valence-corrected chi connectivity index (χ1v) is 12.6. The molecule has 5 rings (SSSR count). The molecule has 0 radical (unpaired) electrons. The van der Waals surface area contributed by atoms with Crippen LogP contribution in [0.2, 0.25) is 0 Å². The normalized spacial score (nSPS) is 15.6. The largest absolute Gasteiger partial charge is 0.463 e. The lowest BCUT2D eigenvalue weighted by atomic mass is 10.0. The minimum Gasteiger partial charge on any atom is -0.463 e.